The lowest BCUT2D eigenvalue weighted by Crippen LogP contribution is -2.46. The van der Waals surface area contributed by atoms with E-state index in [0.717, 1.165) is 48.1 Å². The van der Waals surface area contributed by atoms with Crippen molar-refractivity contribution in [1.82, 2.24) is 9.80 Å². The van der Waals surface area contributed by atoms with Gasteiger partial charge < -0.3 is 9.64 Å². The van der Waals surface area contributed by atoms with Crippen LogP contribution in [0.1, 0.15) is 15.9 Å². The van der Waals surface area contributed by atoms with Gasteiger partial charge in [0.2, 0.25) is 0 Å². The maximum absolute atomic E-state index is 12.4. The highest BCUT2D eigenvalue weighted by Crippen LogP contribution is 2.26. The number of benzene rings is 2. The number of piperazine rings is 1. The van der Waals surface area contributed by atoms with E-state index < -0.39 is 0 Å². The molecular weight excluding hydrogens is 336 g/mol. The second-order valence-corrected chi connectivity index (χ2v) is 6.95. The van der Waals surface area contributed by atoms with Gasteiger partial charge in [0, 0.05) is 36.8 Å². The molecule has 0 N–H and O–H groups in total. The normalized spacial score (nSPS) is 16.0. The number of hydrogen-bond acceptors (Lipinski definition) is 4. The predicted molar refractivity (Wildman–Crippen MR) is 101 cm³/mol. The number of likely N-dealkylation sites (N-methyl/N-ethyl adjacent to an activating group) is 1. The number of hydrogen-bond donors (Lipinski definition) is 0. The molecule has 0 bridgehead atoms. The molecule has 1 heterocycles. The Labute approximate surface area is 154 Å². The van der Waals surface area contributed by atoms with Crippen molar-refractivity contribution in [3.63, 3.8) is 0 Å². The van der Waals surface area contributed by atoms with E-state index in [9.17, 15) is 4.79 Å². The van der Waals surface area contributed by atoms with Crippen molar-refractivity contribution in [1.29, 1.82) is 0 Å². The summed E-state index contributed by atoms with van der Waals surface area (Å²) in [7, 11) is 2.11. The Hall–Kier alpha value is -1.88. The molecule has 0 radical (unpaired) electrons. The minimum absolute atomic E-state index is 0.151. The van der Waals surface area contributed by atoms with Crippen LogP contribution in [0.4, 0.5) is 0 Å². The van der Waals surface area contributed by atoms with Gasteiger partial charge in [-0.15, -0.1) is 0 Å². The number of rotatable bonds is 5. The summed E-state index contributed by atoms with van der Waals surface area (Å²) in [4.78, 5) is 16.9. The zero-order valence-corrected chi connectivity index (χ0v) is 15.4. The number of nitrogens with zero attached hydrogens (tertiary/aromatic N) is 2. The lowest BCUT2D eigenvalue weighted by molar-refractivity contribution is 0.0876. The summed E-state index contributed by atoms with van der Waals surface area (Å²) in [6.07, 6.45) is 0. The van der Waals surface area contributed by atoms with Crippen LogP contribution < -0.4 is 4.74 Å². The number of aryl methyl sites for hydroxylation is 1. The van der Waals surface area contributed by atoms with Gasteiger partial charge >= 0.3 is 0 Å². The van der Waals surface area contributed by atoms with E-state index in [2.05, 4.69) is 16.8 Å². The van der Waals surface area contributed by atoms with Crippen LogP contribution >= 0.6 is 11.6 Å². The number of halogens is 1. The van der Waals surface area contributed by atoms with Crippen LogP contribution in [0.15, 0.2) is 42.5 Å². The third kappa shape index (κ3) is 4.82. The van der Waals surface area contributed by atoms with Crippen molar-refractivity contribution in [2.45, 2.75) is 6.92 Å². The highest BCUT2D eigenvalue weighted by atomic mass is 35.5. The smallest absolute Gasteiger partial charge is 0.176 e. The Morgan fingerprint density at radius 1 is 1.04 bits per heavy atom. The molecule has 3 rings (SSSR count). The van der Waals surface area contributed by atoms with Crippen molar-refractivity contribution in [2.75, 3.05) is 39.8 Å². The molecule has 0 unspecified atom stereocenters. The van der Waals surface area contributed by atoms with Crippen molar-refractivity contribution < 1.29 is 9.53 Å². The van der Waals surface area contributed by atoms with E-state index in [1.807, 2.05) is 49.4 Å². The van der Waals surface area contributed by atoms with E-state index in [1.165, 1.54) is 0 Å². The highest BCUT2D eigenvalue weighted by molar-refractivity contribution is 6.31. The highest BCUT2D eigenvalue weighted by Gasteiger charge is 2.17. The fraction of sp³-hybridized carbons (Fsp3) is 0.350. The SMILES string of the molecule is Cc1cc(Oc2ccc(C(=O)CN3CCN(C)CC3)cc2)ccc1Cl. The Morgan fingerprint density at radius 3 is 2.32 bits per heavy atom. The Morgan fingerprint density at radius 2 is 1.68 bits per heavy atom. The third-order valence-corrected chi connectivity index (χ3v) is 4.93. The van der Waals surface area contributed by atoms with E-state index in [0.29, 0.717) is 12.3 Å². The van der Waals surface area contributed by atoms with E-state index in [1.54, 1.807) is 0 Å². The summed E-state index contributed by atoms with van der Waals surface area (Å²) >= 11 is 6.03. The van der Waals surface area contributed by atoms with Crippen LogP contribution in [0, 0.1) is 6.92 Å². The van der Waals surface area contributed by atoms with Crippen LogP contribution in [-0.2, 0) is 0 Å². The Balaban J connectivity index is 1.59. The quantitative estimate of drug-likeness (QED) is 0.759. The maximum atomic E-state index is 12.4. The Kier molecular flexibility index (Phi) is 5.74. The standard InChI is InChI=1S/C20H23ClN2O2/c1-15-13-18(7-8-19(15)21)25-17-5-3-16(4-6-17)20(24)14-23-11-9-22(2)10-12-23/h3-8,13H,9-12,14H2,1-2H3. The van der Waals surface area contributed by atoms with Gasteiger partial charge in [0.1, 0.15) is 11.5 Å². The molecule has 0 spiro atoms. The number of ether oxygens (including phenoxy) is 1. The molecule has 132 valence electrons. The molecule has 2 aromatic rings. The van der Waals surface area contributed by atoms with Crippen LogP contribution in [0.2, 0.25) is 5.02 Å². The van der Waals surface area contributed by atoms with Gasteiger partial charge in [-0.25, -0.2) is 0 Å². The zero-order valence-electron chi connectivity index (χ0n) is 14.7. The lowest BCUT2D eigenvalue weighted by atomic mass is 10.1. The van der Waals surface area contributed by atoms with Crippen molar-refractivity contribution >= 4 is 17.4 Å². The first-order valence-electron chi connectivity index (χ1n) is 8.49. The van der Waals surface area contributed by atoms with Crippen LogP contribution in [0.5, 0.6) is 11.5 Å². The minimum atomic E-state index is 0.151. The molecule has 0 amide bonds. The summed E-state index contributed by atoms with van der Waals surface area (Å²) < 4.78 is 5.82. The number of Topliss-reactive ketones (excluding diaryl/α,β-unsaturated/α-hetero) is 1. The van der Waals surface area contributed by atoms with Crippen LogP contribution in [0.25, 0.3) is 0 Å². The fourth-order valence-corrected chi connectivity index (χ4v) is 2.94. The predicted octanol–water partition coefficient (Wildman–Crippen LogP) is 3.87. The van der Waals surface area contributed by atoms with Crippen molar-refractivity contribution in [2.24, 2.45) is 0 Å². The van der Waals surface area contributed by atoms with E-state index in [4.69, 9.17) is 16.3 Å². The number of ketones is 1. The van der Waals surface area contributed by atoms with Crippen molar-refractivity contribution in [3.05, 3.63) is 58.6 Å². The molecule has 0 aliphatic carbocycles. The second kappa shape index (κ2) is 8.00. The molecule has 25 heavy (non-hydrogen) atoms. The Bertz CT molecular complexity index is 738. The van der Waals surface area contributed by atoms with Gasteiger partial charge in [-0.2, -0.15) is 0 Å². The largest absolute Gasteiger partial charge is 0.457 e. The minimum Gasteiger partial charge on any atom is -0.457 e. The molecule has 1 saturated heterocycles. The van der Waals surface area contributed by atoms with Crippen LogP contribution in [-0.4, -0.2) is 55.4 Å². The monoisotopic (exact) mass is 358 g/mol. The average molecular weight is 359 g/mol. The topological polar surface area (TPSA) is 32.8 Å². The maximum Gasteiger partial charge on any atom is 0.176 e. The molecular formula is C20H23ClN2O2. The molecule has 1 aliphatic rings. The first-order valence-corrected chi connectivity index (χ1v) is 8.87. The fourth-order valence-electron chi connectivity index (χ4n) is 2.83. The zero-order chi connectivity index (χ0) is 17.8. The molecule has 1 aliphatic heterocycles. The average Bonchev–Trinajstić information content (AvgIpc) is 2.61. The molecule has 0 aromatic heterocycles. The van der Waals surface area contributed by atoms with Crippen LogP contribution in [0.3, 0.4) is 0 Å². The lowest BCUT2D eigenvalue weighted by Gasteiger charge is -2.31. The number of carbonyl (C=O) groups is 1. The van der Waals surface area contributed by atoms with Gasteiger partial charge in [0.25, 0.3) is 0 Å². The van der Waals surface area contributed by atoms with Gasteiger partial charge in [0.05, 0.1) is 6.54 Å². The summed E-state index contributed by atoms with van der Waals surface area (Å²) in [6, 6.07) is 12.9. The van der Waals surface area contributed by atoms with Gasteiger partial charge in [-0.3, -0.25) is 9.69 Å². The summed E-state index contributed by atoms with van der Waals surface area (Å²) in [6.45, 7) is 6.33. The van der Waals surface area contributed by atoms with Gasteiger partial charge in [-0.1, -0.05) is 11.6 Å². The molecule has 1 fully saturated rings. The molecule has 0 atom stereocenters. The van der Waals surface area contributed by atoms with Gasteiger partial charge in [0.15, 0.2) is 5.78 Å². The number of carbonyl (C=O) groups excluding carboxylic acids is 1. The third-order valence-electron chi connectivity index (χ3n) is 4.50. The van der Waals surface area contributed by atoms with Gasteiger partial charge in [-0.05, 0) is 62.0 Å². The summed E-state index contributed by atoms with van der Waals surface area (Å²) in [5, 5.41) is 0.720. The summed E-state index contributed by atoms with van der Waals surface area (Å²) in [5.41, 5.74) is 1.69. The summed E-state index contributed by atoms with van der Waals surface area (Å²) in [5.74, 6) is 1.59. The van der Waals surface area contributed by atoms with E-state index in [-0.39, 0.29) is 5.78 Å². The second-order valence-electron chi connectivity index (χ2n) is 6.54. The molecule has 4 nitrogen and oxygen atoms in total. The molecule has 5 heteroatoms. The molecule has 2 aromatic carbocycles. The first kappa shape index (κ1) is 17.9. The van der Waals surface area contributed by atoms with Crippen molar-refractivity contribution in [3.8, 4) is 11.5 Å². The molecule has 0 saturated carbocycles. The first-order chi connectivity index (χ1) is 12.0. The van der Waals surface area contributed by atoms with E-state index >= 15 is 0 Å².